The largest absolute Gasteiger partial charge is 0.338 e. The van der Waals surface area contributed by atoms with E-state index < -0.39 is 6.03 Å². The van der Waals surface area contributed by atoms with Crippen molar-refractivity contribution in [2.75, 3.05) is 17.2 Å². The Hall–Kier alpha value is -0.780. The second-order valence-corrected chi connectivity index (χ2v) is 4.73. The molecule has 2 N–H and O–H groups in total. The van der Waals surface area contributed by atoms with Crippen molar-refractivity contribution < 1.29 is 9.59 Å². The molecule has 7 heteroatoms. The number of ketones is 1. The predicted molar refractivity (Wildman–Crippen MR) is 77.3 cm³/mol. The Morgan fingerprint density at radius 2 is 1.83 bits per heavy atom. The number of urea groups is 1. The molecule has 0 unspecified atom stereocenters. The van der Waals surface area contributed by atoms with Gasteiger partial charge >= 0.3 is 6.03 Å². The highest BCUT2D eigenvalue weighted by Gasteiger charge is 2.14. The van der Waals surface area contributed by atoms with Crippen LogP contribution in [0.15, 0.2) is 12.1 Å². The Morgan fingerprint density at radius 1 is 1.28 bits per heavy atom. The number of hydrogen-bond acceptors (Lipinski definition) is 2. The number of anilines is 1. The van der Waals surface area contributed by atoms with Gasteiger partial charge in [-0.05, 0) is 19.1 Å². The van der Waals surface area contributed by atoms with Crippen LogP contribution >= 0.6 is 39.1 Å². The van der Waals surface area contributed by atoms with E-state index in [0.29, 0.717) is 12.1 Å². The summed E-state index contributed by atoms with van der Waals surface area (Å²) < 4.78 is 0. The fourth-order valence-electron chi connectivity index (χ4n) is 1.25. The highest BCUT2D eigenvalue weighted by molar-refractivity contribution is 9.09. The average molecular weight is 354 g/mol. The Balaban J connectivity index is 3.01. The molecule has 0 radical (unpaired) electrons. The summed E-state index contributed by atoms with van der Waals surface area (Å²) >= 11 is 15.0. The van der Waals surface area contributed by atoms with Gasteiger partial charge in [0, 0.05) is 12.1 Å². The SMILES string of the molecule is CCNC(=O)Nc1c(Cl)cc(C(=O)CBr)cc1Cl. The zero-order chi connectivity index (χ0) is 13.7. The summed E-state index contributed by atoms with van der Waals surface area (Å²) in [5.74, 6) is -0.136. The Kier molecular flexibility index (Phi) is 5.91. The van der Waals surface area contributed by atoms with Crippen LogP contribution in [0.2, 0.25) is 10.0 Å². The van der Waals surface area contributed by atoms with Gasteiger partial charge in [-0.25, -0.2) is 4.79 Å². The van der Waals surface area contributed by atoms with Gasteiger partial charge in [-0.3, -0.25) is 4.79 Å². The molecule has 0 saturated carbocycles. The molecule has 0 aliphatic rings. The van der Waals surface area contributed by atoms with Gasteiger partial charge in [-0.15, -0.1) is 0 Å². The lowest BCUT2D eigenvalue weighted by molar-refractivity contribution is 0.102. The first kappa shape index (κ1) is 15.3. The molecule has 1 aromatic rings. The van der Waals surface area contributed by atoms with E-state index in [9.17, 15) is 9.59 Å². The smallest absolute Gasteiger partial charge is 0.319 e. The standard InChI is InChI=1S/C11H11BrCl2N2O2/c1-2-15-11(18)16-10-7(13)3-6(4-8(10)14)9(17)5-12/h3-4H,2,5H2,1H3,(H2,15,16,18). The lowest BCUT2D eigenvalue weighted by atomic mass is 10.1. The maximum atomic E-state index is 11.5. The zero-order valence-corrected chi connectivity index (χ0v) is 12.6. The minimum absolute atomic E-state index is 0.136. The molecule has 0 atom stereocenters. The second kappa shape index (κ2) is 6.97. The molecule has 0 heterocycles. The predicted octanol–water partition coefficient (Wildman–Crippen LogP) is 3.71. The number of benzene rings is 1. The highest BCUT2D eigenvalue weighted by Crippen LogP contribution is 2.32. The van der Waals surface area contributed by atoms with E-state index in [1.165, 1.54) is 12.1 Å². The van der Waals surface area contributed by atoms with Crippen LogP contribution in [0.5, 0.6) is 0 Å². The molecule has 0 fully saturated rings. The van der Waals surface area contributed by atoms with E-state index in [2.05, 4.69) is 26.6 Å². The van der Waals surface area contributed by atoms with Gasteiger partial charge in [0.2, 0.25) is 0 Å². The third kappa shape index (κ3) is 3.86. The fourth-order valence-corrected chi connectivity index (χ4v) is 2.15. The van der Waals surface area contributed by atoms with Crippen molar-refractivity contribution in [2.45, 2.75) is 6.92 Å². The van der Waals surface area contributed by atoms with E-state index in [-0.39, 0.29) is 26.8 Å². The van der Waals surface area contributed by atoms with Gasteiger partial charge in [0.05, 0.1) is 21.1 Å². The van der Waals surface area contributed by atoms with Crippen LogP contribution in [0.25, 0.3) is 0 Å². The molecule has 1 rings (SSSR count). The van der Waals surface area contributed by atoms with Crippen LogP contribution in [-0.4, -0.2) is 23.7 Å². The van der Waals surface area contributed by atoms with Crippen molar-refractivity contribution in [3.8, 4) is 0 Å². The lowest BCUT2D eigenvalue weighted by Crippen LogP contribution is -2.28. The number of nitrogens with one attached hydrogen (secondary N) is 2. The van der Waals surface area contributed by atoms with Gasteiger partial charge in [0.25, 0.3) is 0 Å². The number of rotatable bonds is 4. The minimum Gasteiger partial charge on any atom is -0.338 e. The van der Waals surface area contributed by atoms with Gasteiger partial charge in [-0.1, -0.05) is 39.1 Å². The van der Waals surface area contributed by atoms with E-state index in [1.807, 2.05) is 0 Å². The van der Waals surface area contributed by atoms with Gasteiger partial charge in [0.1, 0.15) is 0 Å². The summed E-state index contributed by atoms with van der Waals surface area (Å²) in [6.45, 7) is 2.28. The summed E-state index contributed by atoms with van der Waals surface area (Å²) in [4.78, 5) is 22.9. The number of carbonyl (C=O) groups is 2. The van der Waals surface area contributed by atoms with Crippen molar-refractivity contribution in [1.82, 2.24) is 5.32 Å². The average Bonchev–Trinajstić information content (AvgIpc) is 2.32. The monoisotopic (exact) mass is 352 g/mol. The highest BCUT2D eigenvalue weighted by atomic mass is 79.9. The number of halogens is 3. The Morgan fingerprint density at radius 3 is 2.28 bits per heavy atom. The van der Waals surface area contributed by atoms with Crippen molar-refractivity contribution in [1.29, 1.82) is 0 Å². The number of amides is 2. The van der Waals surface area contributed by atoms with Crippen LogP contribution < -0.4 is 10.6 Å². The minimum atomic E-state index is -0.402. The summed E-state index contributed by atoms with van der Waals surface area (Å²) in [6.07, 6.45) is 0. The molecule has 0 saturated heterocycles. The molecule has 18 heavy (non-hydrogen) atoms. The molecular weight excluding hydrogens is 343 g/mol. The fraction of sp³-hybridized carbons (Fsp3) is 0.273. The molecule has 0 bridgehead atoms. The number of carbonyl (C=O) groups excluding carboxylic acids is 2. The van der Waals surface area contributed by atoms with E-state index >= 15 is 0 Å². The van der Waals surface area contributed by atoms with Crippen molar-refractivity contribution in [3.05, 3.63) is 27.7 Å². The normalized spacial score (nSPS) is 10.0. The third-order valence-corrected chi connectivity index (χ3v) is 3.17. The second-order valence-electron chi connectivity index (χ2n) is 3.36. The first-order valence-electron chi connectivity index (χ1n) is 5.12. The maximum Gasteiger partial charge on any atom is 0.319 e. The molecule has 0 spiro atoms. The summed E-state index contributed by atoms with van der Waals surface area (Å²) in [5, 5.41) is 5.71. The molecule has 2 amide bonds. The van der Waals surface area contributed by atoms with Crippen molar-refractivity contribution >= 4 is 56.6 Å². The Labute approximate surface area is 123 Å². The lowest BCUT2D eigenvalue weighted by Gasteiger charge is -2.11. The molecular formula is C11H11BrCl2N2O2. The quantitative estimate of drug-likeness (QED) is 0.640. The number of Topliss-reactive ketones (excluding diaryl/α,β-unsaturated/α-hetero) is 1. The Bertz CT molecular complexity index is 457. The maximum absolute atomic E-state index is 11.5. The molecule has 4 nitrogen and oxygen atoms in total. The molecule has 0 aliphatic heterocycles. The zero-order valence-electron chi connectivity index (χ0n) is 9.52. The van der Waals surface area contributed by atoms with Crippen LogP contribution in [0, 0.1) is 0 Å². The molecule has 0 aromatic heterocycles. The van der Waals surface area contributed by atoms with E-state index in [4.69, 9.17) is 23.2 Å². The van der Waals surface area contributed by atoms with E-state index in [1.54, 1.807) is 6.92 Å². The molecule has 1 aromatic carbocycles. The summed E-state index contributed by atoms with van der Waals surface area (Å²) in [6, 6.07) is 2.54. The van der Waals surface area contributed by atoms with Gasteiger partial charge in [-0.2, -0.15) is 0 Å². The summed E-state index contributed by atoms with van der Waals surface area (Å²) in [7, 11) is 0. The van der Waals surface area contributed by atoms with Gasteiger partial charge < -0.3 is 10.6 Å². The first-order chi connectivity index (χ1) is 8.49. The van der Waals surface area contributed by atoms with Crippen LogP contribution in [-0.2, 0) is 0 Å². The van der Waals surface area contributed by atoms with Crippen molar-refractivity contribution in [2.24, 2.45) is 0 Å². The summed E-state index contributed by atoms with van der Waals surface area (Å²) in [5.41, 5.74) is 0.679. The topological polar surface area (TPSA) is 58.2 Å². The number of alkyl halides is 1. The van der Waals surface area contributed by atoms with Crippen LogP contribution in [0.3, 0.4) is 0 Å². The van der Waals surface area contributed by atoms with Gasteiger partial charge in [0.15, 0.2) is 5.78 Å². The van der Waals surface area contributed by atoms with Crippen molar-refractivity contribution in [3.63, 3.8) is 0 Å². The third-order valence-electron chi connectivity index (χ3n) is 2.06. The number of hydrogen-bond donors (Lipinski definition) is 2. The first-order valence-corrected chi connectivity index (χ1v) is 7.00. The molecule has 0 aliphatic carbocycles. The van der Waals surface area contributed by atoms with E-state index in [0.717, 1.165) is 0 Å². The van der Waals surface area contributed by atoms with Crippen LogP contribution in [0.1, 0.15) is 17.3 Å². The van der Waals surface area contributed by atoms with Crippen LogP contribution in [0.4, 0.5) is 10.5 Å². The molecule has 98 valence electrons.